The van der Waals surface area contributed by atoms with Gasteiger partial charge >= 0.3 is 29.6 Å². The minimum atomic E-state index is -4.80. The van der Waals surface area contributed by atoms with Crippen molar-refractivity contribution in [3.05, 3.63) is 0 Å². The Morgan fingerprint density at radius 1 is 0.900 bits per heavy atom. The summed E-state index contributed by atoms with van der Waals surface area (Å²) in [6, 6.07) is -1.41. The molecule has 0 saturated heterocycles. The van der Waals surface area contributed by atoms with Gasteiger partial charge in [-0.1, -0.05) is 72.1 Å². The van der Waals surface area contributed by atoms with Crippen LogP contribution in [0.4, 0.5) is 0 Å². The topological polar surface area (TPSA) is 125 Å². The minimum Gasteiger partial charge on any atom is -0.726 e. The van der Waals surface area contributed by atoms with Gasteiger partial charge in [-0.25, -0.2) is 8.42 Å². The summed E-state index contributed by atoms with van der Waals surface area (Å²) < 4.78 is 35.6. The van der Waals surface area contributed by atoms with Crippen LogP contribution < -0.4 is 40.2 Å². The average Bonchev–Trinajstić information content (AvgIpc) is 2.62. The van der Waals surface area contributed by atoms with E-state index in [9.17, 15) is 22.6 Å². The van der Waals surface area contributed by atoms with E-state index >= 15 is 0 Å². The molecule has 2 N–H and O–H groups in total. The summed E-state index contributed by atoms with van der Waals surface area (Å²) in [6.45, 7) is 6.90. The second kappa shape index (κ2) is 18.4. The average molecular weight is 459 g/mol. The number of carbonyl (C=O) groups excluding carboxylic acids is 2. The van der Waals surface area contributed by atoms with Crippen LogP contribution in [0.5, 0.6) is 0 Å². The first-order valence-electron chi connectivity index (χ1n) is 10.8. The van der Waals surface area contributed by atoms with Crippen molar-refractivity contribution < 1.29 is 56.3 Å². The van der Waals surface area contributed by atoms with E-state index in [1.165, 1.54) is 45.4 Å². The van der Waals surface area contributed by atoms with Gasteiger partial charge in [0, 0.05) is 6.42 Å². The van der Waals surface area contributed by atoms with Gasteiger partial charge in [0.2, 0.25) is 22.2 Å². The molecule has 0 aromatic rings. The zero-order valence-electron chi connectivity index (χ0n) is 19.4. The largest absolute Gasteiger partial charge is 1.00 e. The van der Waals surface area contributed by atoms with Crippen molar-refractivity contribution in [2.45, 2.75) is 104 Å². The predicted octanol–water partition coefficient (Wildman–Crippen LogP) is 0.0336. The van der Waals surface area contributed by atoms with Crippen LogP contribution in [0.1, 0.15) is 91.9 Å². The van der Waals surface area contributed by atoms with E-state index in [0.717, 1.165) is 19.3 Å². The van der Waals surface area contributed by atoms with Crippen molar-refractivity contribution in [1.82, 2.24) is 10.6 Å². The quantitative estimate of drug-likeness (QED) is 0.137. The fourth-order valence-corrected chi connectivity index (χ4v) is 3.31. The normalized spacial score (nSPS) is 13.4. The molecule has 30 heavy (non-hydrogen) atoms. The maximum absolute atomic E-state index is 12.4. The SMILES string of the molecule is CCCCCCCCCCCC(=O)N[C@H](C(=O)NC(C)COS(=O)(=O)[O-])C(C)C.[Na+]. The zero-order valence-corrected chi connectivity index (χ0v) is 22.2. The molecule has 0 radical (unpaired) electrons. The van der Waals surface area contributed by atoms with Crippen molar-refractivity contribution in [2.24, 2.45) is 5.92 Å². The molecule has 0 fully saturated rings. The van der Waals surface area contributed by atoms with E-state index in [1.807, 2.05) is 13.8 Å². The Labute approximate surface area is 204 Å². The zero-order chi connectivity index (χ0) is 22.3. The Hall–Kier alpha value is -0.190. The molecule has 8 nitrogen and oxygen atoms in total. The summed E-state index contributed by atoms with van der Waals surface area (Å²) in [5.74, 6) is -0.744. The summed E-state index contributed by atoms with van der Waals surface area (Å²) in [7, 11) is -4.80. The van der Waals surface area contributed by atoms with Crippen LogP contribution in [0.3, 0.4) is 0 Å². The fourth-order valence-electron chi connectivity index (χ4n) is 2.94. The molecule has 2 atom stereocenters. The number of carbonyl (C=O) groups is 2. The number of amides is 2. The molecule has 0 aromatic carbocycles. The first-order valence-corrected chi connectivity index (χ1v) is 12.1. The van der Waals surface area contributed by atoms with E-state index in [-0.39, 0.29) is 41.4 Å². The van der Waals surface area contributed by atoms with Gasteiger partial charge in [0.15, 0.2) is 0 Å². The van der Waals surface area contributed by atoms with E-state index < -0.39 is 35.0 Å². The number of unbranched alkanes of at least 4 members (excludes halogenated alkanes) is 8. The van der Waals surface area contributed by atoms with Gasteiger partial charge in [-0.05, 0) is 19.3 Å². The van der Waals surface area contributed by atoms with Gasteiger partial charge in [0.05, 0.1) is 12.6 Å². The maximum atomic E-state index is 12.4. The Morgan fingerprint density at radius 2 is 1.40 bits per heavy atom. The Bertz CT molecular complexity index is 572. The molecule has 10 heteroatoms. The van der Waals surface area contributed by atoms with Crippen molar-refractivity contribution in [1.29, 1.82) is 0 Å². The molecule has 0 rings (SSSR count). The van der Waals surface area contributed by atoms with E-state index in [4.69, 9.17) is 0 Å². The van der Waals surface area contributed by atoms with Crippen LogP contribution >= 0.6 is 0 Å². The van der Waals surface area contributed by atoms with Gasteiger partial charge in [-0.3, -0.25) is 13.8 Å². The summed E-state index contributed by atoms with van der Waals surface area (Å²) in [6.07, 6.45) is 10.9. The molecule has 172 valence electrons. The van der Waals surface area contributed by atoms with Crippen molar-refractivity contribution in [3.8, 4) is 0 Å². The minimum absolute atomic E-state index is 0. The van der Waals surface area contributed by atoms with Gasteiger partial charge in [-0.15, -0.1) is 0 Å². The van der Waals surface area contributed by atoms with Gasteiger partial charge < -0.3 is 15.2 Å². The maximum Gasteiger partial charge on any atom is 1.00 e. The number of hydrogen-bond donors (Lipinski definition) is 2. The summed E-state index contributed by atoms with van der Waals surface area (Å²) in [5, 5.41) is 5.31. The number of rotatable bonds is 17. The van der Waals surface area contributed by atoms with E-state index in [2.05, 4.69) is 21.7 Å². The molecule has 0 heterocycles. The van der Waals surface area contributed by atoms with Crippen molar-refractivity contribution in [2.75, 3.05) is 6.61 Å². The van der Waals surface area contributed by atoms with E-state index in [1.54, 1.807) is 0 Å². The molecule has 0 spiro atoms. The molecule has 0 aliphatic heterocycles. The fraction of sp³-hybridized carbons (Fsp3) is 0.900. The van der Waals surface area contributed by atoms with Gasteiger partial charge in [0.1, 0.15) is 6.04 Å². The first-order chi connectivity index (χ1) is 13.6. The molecular formula is C20H39N2NaO6S. The van der Waals surface area contributed by atoms with Crippen LogP contribution in [-0.4, -0.2) is 43.5 Å². The monoisotopic (exact) mass is 458 g/mol. The molecular weight excluding hydrogens is 419 g/mol. The van der Waals surface area contributed by atoms with Crippen LogP contribution in [0.2, 0.25) is 0 Å². The standard InChI is InChI=1S/C20H40N2O6S.Na/c1-5-6-7-8-9-10-11-12-13-14-18(23)22-19(16(2)3)20(24)21-17(4)15-28-29(25,26)27;/h16-17,19H,5-15H2,1-4H3,(H,21,24)(H,22,23)(H,25,26,27);/q;+1/p-1/t17?,19-;/m0./s1. The molecule has 0 bridgehead atoms. The molecule has 0 aliphatic carbocycles. The number of hydrogen-bond acceptors (Lipinski definition) is 6. The third-order valence-corrected chi connectivity index (χ3v) is 5.05. The summed E-state index contributed by atoms with van der Waals surface area (Å²) >= 11 is 0. The molecule has 1 unspecified atom stereocenters. The smallest absolute Gasteiger partial charge is 0.726 e. The second-order valence-electron chi connectivity index (χ2n) is 7.97. The molecule has 0 aromatic heterocycles. The van der Waals surface area contributed by atoms with Crippen LogP contribution in [0, 0.1) is 5.92 Å². The third kappa shape index (κ3) is 18.6. The van der Waals surface area contributed by atoms with Crippen LogP contribution in [-0.2, 0) is 24.2 Å². The van der Waals surface area contributed by atoms with Gasteiger partial charge in [-0.2, -0.15) is 0 Å². The van der Waals surface area contributed by atoms with E-state index in [0.29, 0.717) is 6.42 Å². The second-order valence-corrected chi connectivity index (χ2v) is 9.02. The van der Waals surface area contributed by atoms with Gasteiger partial charge in [0.25, 0.3) is 0 Å². The molecule has 2 amide bonds. The Morgan fingerprint density at radius 3 is 1.87 bits per heavy atom. The van der Waals surface area contributed by atoms with Crippen LogP contribution in [0.25, 0.3) is 0 Å². The number of nitrogens with one attached hydrogen (secondary N) is 2. The van der Waals surface area contributed by atoms with Crippen molar-refractivity contribution in [3.63, 3.8) is 0 Å². The van der Waals surface area contributed by atoms with Crippen molar-refractivity contribution >= 4 is 22.2 Å². The molecule has 0 aliphatic rings. The summed E-state index contributed by atoms with van der Waals surface area (Å²) in [5.41, 5.74) is 0. The van der Waals surface area contributed by atoms with Crippen LogP contribution in [0.15, 0.2) is 0 Å². The molecule has 0 saturated carbocycles. The third-order valence-electron chi connectivity index (χ3n) is 4.62. The Kier molecular flexibility index (Phi) is 19.6. The predicted molar refractivity (Wildman–Crippen MR) is 112 cm³/mol. The Balaban J connectivity index is 0. The summed E-state index contributed by atoms with van der Waals surface area (Å²) in [4.78, 5) is 24.5. The first kappa shape index (κ1) is 32.0.